The smallest absolute Gasteiger partial charge is 0.264 e. The Morgan fingerprint density at radius 1 is 1.42 bits per heavy atom. The SMILES string of the molecule is COc1cccc(/C=N/Nc2nnc(SCC(=O)Nc3sc4c(c3C#N)CCCC4)n2N)c1. The van der Waals surface area contributed by atoms with Crippen LogP contribution in [0, 0.1) is 11.3 Å². The Hall–Kier alpha value is -3.56. The Kier molecular flexibility index (Phi) is 7.11. The number of rotatable bonds is 8. The Balaban J connectivity index is 1.33. The highest BCUT2D eigenvalue weighted by Crippen LogP contribution is 2.37. The molecule has 4 N–H and O–H groups in total. The van der Waals surface area contributed by atoms with Gasteiger partial charge in [0.1, 0.15) is 16.8 Å². The lowest BCUT2D eigenvalue weighted by Gasteiger charge is -2.09. The molecule has 1 aliphatic carbocycles. The van der Waals surface area contributed by atoms with Gasteiger partial charge in [0, 0.05) is 4.88 Å². The first-order chi connectivity index (χ1) is 16.1. The van der Waals surface area contributed by atoms with Gasteiger partial charge in [0.25, 0.3) is 5.95 Å². The average molecular weight is 483 g/mol. The number of thioether (sulfide) groups is 1. The van der Waals surface area contributed by atoms with Crippen LogP contribution in [0.15, 0.2) is 34.5 Å². The number of aromatic nitrogens is 3. The molecular weight excluding hydrogens is 460 g/mol. The quantitative estimate of drug-likeness (QED) is 0.192. The summed E-state index contributed by atoms with van der Waals surface area (Å²) < 4.78 is 6.41. The molecule has 0 fully saturated rings. The number of anilines is 2. The number of nitrogens with two attached hydrogens (primary N) is 1. The summed E-state index contributed by atoms with van der Waals surface area (Å²) in [4.78, 5) is 13.7. The molecule has 0 aliphatic heterocycles. The van der Waals surface area contributed by atoms with Gasteiger partial charge in [-0.25, -0.2) is 10.1 Å². The summed E-state index contributed by atoms with van der Waals surface area (Å²) in [5.74, 6) is 6.82. The zero-order valence-corrected chi connectivity index (χ0v) is 19.5. The van der Waals surface area contributed by atoms with Crippen LogP contribution in [-0.4, -0.2) is 39.9 Å². The largest absolute Gasteiger partial charge is 0.497 e. The number of thiophene rings is 1. The van der Waals surface area contributed by atoms with Gasteiger partial charge in [0.2, 0.25) is 11.1 Å². The Morgan fingerprint density at radius 2 is 2.27 bits per heavy atom. The van der Waals surface area contributed by atoms with Gasteiger partial charge in [0.15, 0.2) is 0 Å². The van der Waals surface area contributed by atoms with Crippen molar-refractivity contribution >= 4 is 46.2 Å². The lowest BCUT2D eigenvalue weighted by molar-refractivity contribution is -0.113. The maximum atomic E-state index is 12.5. The minimum Gasteiger partial charge on any atom is -0.497 e. The summed E-state index contributed by atoms with van der Waals surface area (Å²) in [6.45, 7) is 0. The average Bonchev–Trinajstić information content (AvgIpc) is 3.37. The predicted octanol–water partition coefficient (Wildman–Crippen LogP) is 2.99. The normalized spacial score (nSPS) is 12.8. The van der Waals surface area contributed by atoms with Crippen LogP contribution in [0.1, 0.15) is 34.4 Å². The van der Waals surface area contributed by atoms with Crippen molar-refractivity contribution < 1.29 is 9.53 Å². The first-order valence-corrected chi connectivity index (χ1v) is 12.0. The number of nitrogen functional groups attached to an aromatic ring is 1. The van der Waals surface area contributed by atoms with Gasteiger partial charge in [0.05, 0.1) is 24.6 Å². The van der Waals surface area contributed by atoms with Crippen LogP contribution in [0.3, 0.4) is 0 Å². The van der Waals surface area contributed by atoms with E-state index in [1.807, 2.05) is 24.3 Å². The van der Waals surface area contributed by atoms with Gasteiger partial charge in [-0.15, -0.1) is 21.5 Å². The summed E-state index contributed by atoms with van der Waals surface area (Å²) >= 11 is 2.64. The summed E-state index contributed by atoms with van der Waals surface area (Å²) in [5, 5.41) is 25.4. The molecule has 12 heteroatoms. The van der Waals surface area contributed by atoms with Gasteiger partial charge < -0.3 is 15.9 Å². The molecule has 170 valence electrons. The number of carbonyl (C=O) groups excluding carboxylic acids is 1. The molecule has 0 radical (unpaired) electrons. The van der Waals surface area contributed by atoms with E-state index in [0.717, 1.165) is 54.3 Å². The van der Waals surface area contributed by atoms with Gasteiger partial charge in [-0.2, -0.15) is 10.4 Å². The van der Waals surface area contributed by atoms with E-state index in [0.29, 0.717) is 15.7 Å². The van der Waals surface area contributed by atoms with Crippen LogP contribution < -0.4 is 21.3 Å². The molecule has 1 aliphatic rings. The van der Waals surface area contributed by atoms with Crippen LogP contribution >= 0.6 is 23.1 Å². The number of hydrazone groups is 1. The molecule has 0 bridgehead atoms. The number of nitrogens with one attached hydrogen (secondary N) is 2. The monoisotopic (exact) mass is 482 g/mol. The van der Waals surface area contributed by atoms with Crippen molar-refractivity contribution in [3.8, 4) is 11.8 Å². The first-order valence-electron chi connectivity index (χ1n) is 10.2. The molecule has 33 heavy (non-hydrogen) atoms. The van der Waals surface area contributed by atoms with Crippen molar-refractivity contribution in [1.82, 2.24) is 14.9 Å². The highest BCUT2D eigenvalue weighted by Gasteiger charge is 2.22. The number of hydrogen-bond acceptors (Lipinski definition) is 10. The standard InChI is InChI=1S/C21H22N8O2S2/c1-31-14-6-4-5-13(9-14)11-24-26-20-27-28-21(29(20)23)32-12-18(30)25-19-16(10-22)15-7-2-3-8-17(15)33-19/h4-6,9,11H,2-3,7-8,12,23H2,1H3,(H,25,30)(H,26,27)/b24-11+. The second-order valence-electron chi connectivity index (χ2n) is 7.19. The van der Waals surface area contributed by atoms with Crippen molar-refractivity contribution in [2.75, 3.05) is 29.4 Å². The van der Waals surface area contributed by atoms with Crippen LogP contribution in [-0.2, 0) is 17.6 Å². The topological polar surface area (TPSA) is 143 Å². The number of carbonyl (C=O) groups is 1. The molecule has 0 spiro atoms. The Bertz CT molecular complexity index is 1230. The van der Waals surface area contributed by atoms with Gasteiger partial charge in [-0.3, -0.25) is 4.79 Å². The number of aryl methyl sites for hydroxylation is 1. The van der Waals surface area contributed by atoms with E-state index in [-0.39, 0.29) is 17.6 Å². The molecule has 2 aromatic heterocycles. The fourth-order valence-corrected chi connectivity index (χ4v) is 5.32. The summed E-state index contributed by atoms with van der Waals surface area (Å²) in [7, 11) is 1.60. The van der Waals surface area contributed by atoms with E-state index in [2.05, 4.69) is 32.1 Å². The summed E-state index contributed by atoms with van der Waals surface area (Å²) in [6.07, 6.45) is 5.66. The molecule has 4 rings (SSSR count). The highest BCUT2D eigenvalue weighted by atomic mass is 32.2. The number of nitriles is 1. The van der Waals surface area contributed by atoms with Crippen molar-refractivity contribution in [1.29, 1.82) is 5.26 Å². The molecular formula is C21H22N8O2S2. The van der Waals surface area contributed by atoms with Crippen molar-refractivity contribution in [2.45, 2.75) is 30.8 Å². The molecule has 2 heterocycles. The van der Waals surface area contributed by atoms with E-state index in [4.69, 9.17) is 10.6 Å². The maximum absolute atomic E-state index is 12.5. The van der Waals surface area contributed by atoms with E-state index in [9.17, 15) is 10.1 Å². The Labute approximate surface area is 198 Å². The number of amides is 1. The summed E-state index contributed by atoms with van der Waals surface area (Å²) in [5.41, 5.74) is 5.25. The van der Waals surface area contributed by atoms with Gasteiger partial charge in [-0.1, -0.05) is 23.9 Å². The summed E-state index contributed by atoms with van der Waals surface area (Å²) in [6, 6.07) is 9.66. The third-order valence-electron chi connectivity index (χ3n) is 5.00. The van der Waals surface area contributed by atoms with E-state index >= 15 is 0 Å². The van der Waals surface area contributed by atoms with Crippen LogP contribution in [0.25, 0.3) is 0 Å². The minimum absolute atomic E-state index is 0.0792. The van der Waals surface area contributed by atoms with Gasteiger partial charge >= 0.3 is 0 Å². The lowest BCUT2D eigenvalue weighted by Crippen LogP contribution is -2.17. The molecule has 1 aromatic carbocycles. The maximum Gasteiger partial charge on any atom is 0.264 e. The number of ether oxygens (including phenoxy) is 1. The molecule has 0 unspecified atom stereocenters. The molecule has 0 saturated carbocycles. The van der Waals surface area contributed by atoms with Crippen molar-refractivity contribution in [3.05, 3.63) is 45.8 Å². The molecule has 1 amide bonds. The number of fused-ring (bicyclic) bond motifs is 1. The van der Waals surface area contributed by atoms with Crippen LogP contribution in [0.5, 0.6) is 5.75 Å². The van der Waals surface area contributed by atoms with E-state index < -0.39 is 0 Å². The minimum atomic E-state index is -0.233. The molecule has 10 nitrogen and oxygen atoms in total. The molecule has 3 aromatic rings. The molecule has 0 atom stereocenters. The number of benzene rings is 1. The van der Waals surface area contributed by atoms with Crippen molar-refractivity contribution in [2.24, 2.45) is 5.10 Å². The zero-order chi connectivity index (χ0) is 23.2. The lowest BCUT2D eigenvalue weighted by atomic mass is 9.96. The molecule has 0 saturated heterocycles. The number of nitrogens with zero attached hydrogens (tertiary/aromatic N) is 5. The fourth-order valence-electron chi connectivity index (χ4n) is 3.40. The predicted molar refractivity (Wildman–Crippen MR) is 129 cm³/mol. The fraction of sp³-hybridized carbons (Fsp3) is 0.286. The third-order valence-corrected chi connectivity index (χ3v) is 7.16. The zero-order valence-electron chi connectivity index (χ0n) is 17.9. The third kappa shape index (κ3) is 5.27. The second kappa shape index (κ2) is 10.4. The van der Waals surface area contributed by atoms with Crippen LogP contribution in [0.4, 0.5) is 10.9 Å². The second-order valence-corrected chi connectivity index (χ2v) is 9.23. The van der Waals surface area contributed by atoms with Gasteiger partial charge in [-0.05, 0) is 48.9 Å². The van der Waals surface area contributed by atoms with Crippen LogP contribution in [0.2, 0.25) is 0 Å². The number of hydrogen-bond donors (Lipinski definition) is 3. The van der Waals surface area contributed by atoms with Crippen molar-refractivity contribution in [3.63, 3.8) is 0 Å². The highest BCUT2D eigenvalue weighted by molar-refractivity contribution is 7.99. The first kappa shape index (κ1) is 22.6. The van der Waals surface area contributed by atoms with E-state index in [1.54, 1.807) is 13.3 Å². The Morgan fingerprint density at radius 3 is 3.09 bits per heavy atom. The van der Waals surface area contributed by atoms with E-state index in [1.165, 1.54) is 20.9 Å². The number of methoxy groups -OCH3 is 1.